The van der Waals surface area contributed by atoms with Gasteiger partial charge in [0.2, 0.25) is 5.91 Å². The van der Waals surface area contributed by atoms with E-state index in [1.807, 2.05) is 56.4 Å². The Morgan fingerprint density at radius 2 is 1.91 bits per heavy atom. The lowest BCUT2D eigenvalue weighted by Gasteiger charge is -2.22. The number of hydrogen-bond donors (Lipinski definition) is 2. The molecule has 4 aromatic rings. The Morgan fingerprint density at radius 3 is 2.64 bits per heavy atom. The Hall–Kier alpha value is -3.74. The van der Waals surface area contributed by atoms with Crippen molar-refractivity contribution in [3.8, 4) is 11.5 Å². The van der Waals surface area contributed by atoms with Crippen molar-refractivity contribution >= 4 is 16.8 Å². The van der Waals surface area contributed by atoms with E-state index in [-0.39, 0.29) is 11.8 Å². The summed E-state index contributed by atoms with van der Waals surface area (Å²) in [6.07, 6.45) is 2.95. The lowest BCUT2D eigenvalue weighted by atomic mass is 9.89. The minimum atomic E-state index is -0.130. The number of para-hydroxylation sites is 2. The highest BCUT2D eigenvalue weighted by molar-refractivity contribution is 5.84. The van der Waals surface area contributed by atoms with Crippen LogP contribution in [0.5, 0.6) is 11.5 Å². The zero-order valence-corrected chi connectivity index (χ0v) is 19.4. The monoisotopic (exact) mass is 447 g/mol. The second-order valence-corrected chi connectivity index (χ2v) is 8.03. The number of benzene rings is 2. The average Bonchev–Trinajstić information content (AvgIpc) is 3.40. The molecular weight excluding hydrogens is 418 g/mol. The molecule has 0 aliphatic heterocycles. The van der Waals surface area contributed by atoms with Crippen molar-refractivity contribution in [3.63, 3.8) is 0 Å². The zero-order chi connectivity index (χ0) is 23.4. The van der Waals surface area contributed by atoms with Gasteiger partial charge >= 0.3 is 0 Å². The Bertz CT molecular complexity index is 1240. The van der Waals surface area contributed by atoms with Crippen LogP contribution in [-0.4, -0.2) is 36.8 Å². The molecule has 7 heteroatoms. The van der Waals surface area contributed by atoms with E-state index < -0.39 is 0 Å². The molecular formula is C26H29N3O4. The Labute approximate surface area is 193 Å². The van der Waals surface area contributed by atoms with Gasteiger partial charge in [-0.15, -0.1) is 0 Å². The summed E-state index contributed by atoms with van der Waals surface area (Å²) in [5.74, 6) is 1.93. The van der Waals surface area contributed by atoms with Gasteiger partial charge in [0.25, 0.3) is 0 Å². The quantitative estimate of drug-likeness (QED) is 0.389. The Kier molecular flexibility index (Phi) is 6.68. The van der Waals surface area contributed by atoms with E-state index in [1.54, 1.807) is 14.2 Å². The number of nitrogens with zero attached hydrogens (tertiary/aromatic N) is 1. The summed E-state index contributed by atoms with van der Waals surface area (Å²) in [5.41, 5.74) is 4.91. The third-order valence-corrected chi connectivity index (χ3v) is 6.09. The molecule has 172 valence electrons. The maximum Gasteiger partial charge on any atom is 0.220 e. The number of carbonyl (C=O) groups is 1. The normalized spacial score (nSPS) is 12.0. The van der Waals surface area contributed by atoms with Crippen molar-refractivity contribution in [1.29, 1.82) is 0 Å². The van der Waals surface area contributed by atoms with E-state index >= 15 is 0 Å². The summed E-state index contributed by atoms with van der Waals surface area (Å²) >= 11 is 0. The fourth-order valence-corrected chi connectivity index (χ4v) is 4.36. The van der Waals surface area contributed by atoms with Gasteiger partial charge in [-0.05, 0) is 38.0 Å². The number of amides is 1. The molecule has 33 heavy (non-hydrogen) atoms. The predicted octanol–water partition coefficient (Wildman–Crippen LogP) is 4.67. The number of ether oxygens (including phenoxy) is 2. The van der Waals surface area contributed by atoms with Crippen LogP contribution in [0.2, 0.25) is 0 Å². The average molecular weight is 448 g/mol. The van der Waals surface area contributed by atoms with Gasteiger partial charge in [-0.2, -0.15) is 0 Å². The summed E-state index contributed by atoms with van der Waals surface area (Å²) in [5, 5.41) is 8.20. The van der Waals surface area contributed by atoms with Crippen molar-refractivity contribution in [2.45, 2.75) is 32.6 Å². The van der Waals surface area contributed by atoms with Crippen LogP contribution in [0.1, 0.15) is 40.5 Å². The minimum Gasteiger partial charge on any atom is -0.493 e. The molecule has 0 fully saturated rings. The number of fused-ring (bicyclic) bond motifs is 1. The standard InChI is InChI=1S/C26H29N3O4/c1-16-18(17(2)33-29-16)12-13-25(30)28-15-22(20-9-7-11-24(31-3)26(20)32-4)21-14-27-23-10-6-5-8-19(21)23/h5-11,14,22,27H,12-13,15H2,1-4H3,(H,28,30). The van der Waals surface area contributed by atoms with Gasteiger partial charge in [-0.3, -0.25) is 4.79 Å². The summed E-state index contributed by atoms with van der Waals surface area (Å²) < 4.78 is 16.5. The number of aromatic amines is 1. The van der Waals surface area contributed by atoms with Crippen LogP contribution < -0.4 is 14.8 Å². The van der Waals surface area contributed by atoms with Crippen LogP contribution in [0.15, 0.2) is 53.2 Å². The maximum absolute atomic E-state index is 12.8. The number of methoxy groups -OCH3 is 2. The lowest BCUT2D eigenvalue weighted by Crippen LogP contribution is -2.29. The van der Waals surface area contributed by atoms with Crippen LogP contribution in [0.4, 0.5) is 0 Å². The number of H-pyrrole nitrogens is 1. The van der Waals surface area contributed by atoms with Gasteiger partial charge in [-0.1, -0.05) is 35.5 Å². The van der Waals surface area contributed by atoms with Gasteiger partial charge in [0.05, 0.1) is 19.9 Å². The molecule has 2 aromatic carbocycles. The van der Waals surface area contributed by atoms with Crippen LogP contribution in [0, 0.1) is 13.8 Å². The Balaban J connectivity index is 1.61. The van der Waals surface area contributed by atoms with Gasteiger partial charge in [0, 0.05) is 47.1 Å². The third kappa shape index (κ3) is 4.58. The second-order valence-electron chi connectivity index (χ2n) is 8.03. The number of hydrogen-bond acceptors (Lipinski definition) is 5. The summed E-state index contributed by atoms with van der Waals surface area (Å²) in [6.45, 7) is 4.19. The number of carbonyl (C=O) groups excluding carboxylic acids is 1. The number of aromatic nitrogens is 2. The van der Waals surface area contributed by atoms with E-state index in [1.165, 1.54) is 0 Å². The third-order valence-electron chi connectivity index (χ3n) is 6.09. The topological polar surface area (TPSA) is 89.4 Å². The summed E-state index contributed by atoms with van der Waals surface area (Å²) in [6, 6.07) is 14.0. The van der Waals surface area contributed by atoms with Crippen LogP contribution in [0.3, 0.4) is 0 Å². The molecule has 2 aromatic heterocycles. The van der Waals surface area contributed by atoms with Gasteiger partial charge in [-0.25, -0.2) is 0 Å². The molecule has 2 N–H and O–H groups in total. The van der Waals surface area contributed by atoms with E-state index in [9.17, 15) is 4.79 Å². The van der Waals surface area contributed by atoms with Gasteiger partial charge in [0.15, 0.2) is 11.5 Å². The van der Waals surface area contributed by atoms with E-state index in [0.717, 1.165) is 39.0 Å². The molecule has 0 saturated carbocycles. The SMILES string of the molecule is COc1cccc(C(CNC(=O)CCc2c(C)noc2C)c2c[nH]c3ccccc23)c1OC. The molecule has 0 aliphatic rings. The highest BCUT2D eigenvalue weighted by Gasteiger charge is 2.24. The molecule has 1 atom stereocenters. The summed E-state index contributed by atoms with van der Waals surface area (Å²) in [7, 11) is 3.26. The van der Waals surface area contributed by atoms with E-state index in [4.69, 9.17) is 14.0 Å². The molecule has 0 aliphatic carbocycles. The molecule has 2 heterocycles. The van der Waals surface area contributed by atoms with Crippen molar-refractivity contribution in [2.75, 3.05) is 20.8 Å². The highest BCUT2D eigenvalue weighted by Crippen LogP contribution is 2.40. The molecule has 1 unspecified atom stereocenters. The molecule has 1 amide bonds. The number of nitrogens with one attached hydrogen (secondary N) is 2. The van der Waals surface area contributed by atoms with Crippen molar-refractivity contribution in [2.24, 2.45) is 0 Å². The lowest BCUT2D eigenvalue weighted by molar-refractivity contribution is -0.121. The Morgan fingerprint density at radius 1 is 1.09 bits per heavy atom. The minimum absolute atomic E-state index is 0.0262. The predicted molar refractivity (Wildman–Crippen MR) is 127 cm³/mol. The molecule has 0 spiro atoms. The summed E-state index contributed by atoms with van der Waals surface area (Å²) in [4.78, 5) is 16.1. The largest absolute Gasteiger partial charge is 0.493 e. The van der Waals surface area contributed by atoms with Crippen LogP contribution in [0.25, 0.3) is 10.9 Å². The van der Waals surface area contributed by atoms with E-state index in [2.05, 4.69) is 21.5 Å². The maximum atomic E-state index is 12.8. The zero-order valence-electron chi connectivity index (χ0n) is 19.4. The smallest absolute Gasteiger partial charge is 0.220 e. The highest BCUT2D eigenvalue weighted by atomic mass is 16.5. The number of rotatable bonds is 9. The van der Waals surface area contributed by atoms with Crippen molar-refractivity contribution < 1.29 is 18.8 Å². The first-order valence-corrected chi connectivity index (χ1v) is 11.0. The van der Waals surface area contributed by atoms with Gasteiger partial charge in [0.1, 0.15) is 5.76 Å². The number of aryl methyl sites for hydroxylation is 2. The molecule has 0 radical (unpaired) electrons. The fraction of sp³-hybridized carbons (Fsp3) is 0.308. The molecule has 0 bridgehead atoms. The molecule has 0 saturated heterocycles. The first kappa shape index (κ1) is 22.5. The van der Waals surface area contributed by atoms with Crippen molar-refractivity contribution in [1.82, 2.24) is 15.5 Å². The molecule has 7 nitrogen and oxygen atoms in total. The van der Waals surface area contributed by atoms with Crippen molar-refractivity contribution in [3.05, 3.63) is 76.8 Å². The second kappa shape index (κ2) is 9.81. The van der Waals surface area contributed by atoms with Gasteiger partial charge < -0.3 is 24.3 Å². The van der Waals surface area contributed by atoms with Crippen LogP contribution >= 0.6 is 0 Å². The fourth-order valence-electron chi connectivity index (χ4n) is 4.36. The molecule has 4 rings (SSSR count). The first-order chi connectivity index (χ1) is 16.0. The van der Waals surface area contributed by atoms with E-state index in [0.29, 0.717) is 30.9 Å². The first-order valence-electron chi connectivity index (χ1n) is 11.0. The van der Waals surface area contributed by atoms with Crippen LogP contribution in [-0.2, 0) is 11.2 Å².